The number of hydrogen-bond donors (Lipinski definition) is 1. The van der Waals surface area contributed by atoms with E-state index in [0.717, 1.165) is 27.6 Å². The van der Waals surface area contributed by atoms with Crippen LogP contribution in [0.1, 0.15) is 19.8 Å². The fourth-order valence-corrected chi connectivity index (χ4v) is 3.28. The minimum atomic E-state index is 0.627. The number of amidine groups is 1. The number of nitrogens with zero attached hydrogens (tertiary/aromatic N) is 1. The molecule has 1 atom stereocenters. The third-order valence-electron chi connectivity index (χ3n) is 2.74. The van der Waals surface area contributed by atoms with Crippen LogP contribution in [-0.4, -0.2) is 24.1 Å². The van der Waals surface area contributed by atoms with Crippen LogP contribution in [-0.2, 0) is 0 Å². The summed E-state index contributed by atoms with van der Waals surface area (Å²) in [5, 5.41) is 4.99. The van der Waals surface area contributed by atoms with Crippen LogP contribution in [0.4, 0.5) is 5.69 Å². The van der Waals surface area contributed by atoms with Gasteiger partial charge in [0.1, 0.15) is 5.75 Å². The van der Waals surface area contributed by atoms with Crippen molar-refractivity contribution in [3.05, 3.63) is 22.7 Å². The number of methoxy groups -OCH3 is 1. The monoisotopic (exact) mass is 328 g/mol. The maximum atomic E-state index is 5.23. The van der Waals surface area contributed by atoms with E-state index < -0.39 is 0 Å². The molecule has 0 radical (unpaired) electrons. The molecule has 2 rings (SSSR count). The number of anilines is 1. The van der Waals surface area contributed by atoms with Crippen LogP contribution in [0, 0.1) is 0 Å². The Bertz CT molecular complexity index is 451. The molecule has 1 unspecified atom stereocenters. The van der Waals surface area contributed by atoms with Gasteiger partial charge in [-0.15, -0.1) is 0 Å². The molecule has 3 nitrogen and oxygen atoms in total. The summed E-state index contributed by atoms with van der Waals surface area (Å²) in [6.45, 7) is 3.13. The van der Waals surface area contributed by atoms with E-state index in [2.05, 4.69) is 33.2 Å². The van der Waals surface area contributed by atoms with E-state index in [0.29, 0.717) is 5.25 Å². The average Bonchev–Trinajstić information content (AvgIpc) is 2.80. The summed E-state index contributed by atoms with van der Waals surface area (Å²) in [7, 11) is 1.67. The lowest BCUT2D eigenvalue weighted by atomic mass is 10.2. The molecule has 0 fully saturated rings. The van der Waals surface area contributed by atoms with Gasteiger partial charge in [-0.05, 0) is 34.5 Å². The van der Waals surface area contributed by atoms with Gasteiger partial charge < -0.3 is 10.1 Å². The maximum Gasteiger partial charge on any atom is 0.161 e. The van der Waals surface area contributed by atoms with Crippen molar-refractivity contribution < 1.29 is 4.74 Å². The van der Waals surface area contributed by atoms with Gasteiger partial charge in [0.2, 0.25) is 0 Å². The van der Waals surface area contributed by atoms with Gasteiger partial charge in [0.15, 0.2) is 5.17 Å². The van der Waals surface area contributed by atoms with E-state index >= 15 is 0 Å². The van der Waals surface area contributed by atoms with Crippen LogP contribution in [0.15, 0.2) is 27.7 Å². The lowest BCUT2D eigenvalue weighted by molar-refractivity contribution is 0.415. The van der Waals surface area contributed by atoms with Gasteiger partial charge in [-0.1, -0.05) is 25.1 Å². The van der Waals surface area contributed by atoms with Gasteiger partial charge in [-0.3, -0.25) is 4.99 Å². The molecule has 1 aromatic rings. The first-order valence-corrected chi connectivity index (χ1v) is 7.72. The van der Waals surface area contributed by atoms with E-state index in [1.165, 1.54) is 12.8 Å². The van der Waals surface area contributed by atoms with Gasteiger partial charge >= 0.3 is 0 Å². The molecule has 1 aliphatic rings. The Balaban J connectivity index is 2.02. The zero-order valence-electron chi connectivity index (χ0n) is 10.6. The van der Waals surface area contributed by atoms with Gasteiger partial charge in [-0.25, -0.2) is 0 Å². The summed E-state index contributed by atoms with van der Waals surface area (Å²) < 4.78 is 6.25. The topological polar surface area (TPSA) is 33.6 Å². The summed E-state index contributed by atoms with van der Waals surface area (Å²) in [6, 6.07) is 5.88. The first-order valence-electron chi connectivity index (χ1n) is 6.04. The number of hydrogen-bond acceptors (Lipinski definition) is 4. The van der Waals surface area contributed by atoms with Gasteiger partial charge in [0.05, 0.1) is 19.3 Å². The van der Waals surface area contributed by atoms with Crippen LogP contribution in [0.3, 0.4) is 0 Å². The second-order valence-corrected chi connectivity index (χ2v) is 6.29. The van der Waals surface area contributed by atoms with Crippen molar-refractivity contribution >= 4 is 38.5 Å². The summed E-state index contributed by atoms with van der Waals surface area (Å²) in [4.78, 5) is 4.53. The Morgan fingerprint density at radius 1 is 1.56 bits per heavy atom. The molecule has 1 heterocycles. The number of benzene rings is 1. The molecule has 5 heteroatoms. The van der Waals surface area contributed by atoms with E-state index in [9.17, 15) is 0 Å². The second-order valence-electron chi connectivity index (χ2n) is 4.15. The Kier molecular flexibility index (Phi) is 4.95. The molecular formula is C13H17BrN2OS. The molecule has 1 N–H and O–H groups in total. The average molecular weight is 329 g/mol. The molecular weight excluding hydrogens is 312 g/mol. The smallest absolute Gasteiger partial charge is 0.161 e. The highest BCUT2D eigenvalue weighted by Gasteiger charge is 2.19. The number of nitrogens with one attached hydrogen (secondary N) is 1. The molecule has 0 aromatic heterocycles. The zero-order valence-corrected chi connectivity index (χ0v) is 13.0. The number of halogens is 1. The third-order valence-corrected chi connectivity index (χ3v) is 4.61. The number of rotatable bonds is 4. The highest BCUT2D eigenvalue weighted by Crippen LogP contribution is 2.31. The largest absolute Gasteiger partial charge is 0.497 e. The van der Waals surface area contributed by atoms with Crippen LogP contribution in [0.5, 0.6) is 5.75 Å². The van der Waals surface area contributed by atoms with Crippen molar-refractivity contribution in [2.24, 2.45) is 4.99 Å². The van der Waals surface area contributed by atoms with Crippen LogP contribution < -0.4 is 10.1 Å². The quantitative estimate of drug-likeness (QED) is 0.901. The van der Waals surface area contributed by atoms with Crippen molar-refractivity contribution in [3.8, 4) is 5.75 Å². The Morgan fingerprint density at radius 3 is 3.11 bits per heavy atom. The van der Waals surface area contributed by atoms with Gasteiger partial charge in [0.25, 0.3) is 0 Å². The van der Waals surface area contributed by atoms with E-state index in [-0.39, 0.29) is 0 Å². The molecule has 0 saturated carbocycles. The molecule has 0 amide bonds. The van der Waals surface area contributed by atoms with Crippen LogP contribution in [0.2, 0.25) is 0 Å². The number of ether oxygens (including phenoxy) is 1. The fraction of sp³-hybridized carbons (Fsp3) is 0.462. The van der Waals surface area contributed by atoms with Crippen molar-refractivity contribution in [2.45, 2.75) is 25.0 Å². The van der Waals surface area contributed by atoms with Crippen molar-refractivity contribution in [3.63, 3.8) is 0 Å². The van der Waals surface area contributed by atoms with E-state index in [1.807, 2.05) is 30.0 Å². The molecule has 0 aliphatic carbocycles. The molecule has 1 aromatic carbocycles. The highest BCUT2D eigenvalue weighted by molar-refractivity contribution is 9.10. The second kappa shape index (κ2) is 6.48. The molecule has 1 aliphatic heterocycles. The summed E-state index contributed by atoms with van der Waals surface area (Å²) in [5.41, 5.74) is 0.998. The normalized spacial score (nSPS) is 18.6. The van der Waals surface area contributed by atoms with Gasteiger partial charge in [-0.2, -0.15) is 0 Å². The SMILES string of the molecule is CCCC1CN=C(Nc2cc(OC)ccc2Br)S1. The Morgan fingerprint density at radius 2 is 2.39 bits per heavy atom. The van der Waals surface area contributed by atoms with Crippen molar-refractivity contribution in [1.82, 2.24) is 0 Å². The first kappa shape index (κ1) is 13.7. The maximum absolute atomic E-state index is 5.23. The van der Waals surface area contributed by atoms with E-state index in [1.54, 1.807) is 7.11 Å². The molecule has 98 valence electrons. The molecule has 0 bridgehead atoms. The standard InChI is InChI=1S/C13H17BrN2OS/c1-3-4-10-8-15-13(18-10)16-12-7-9(17-2)5-6-11(12)14/h5-7,10H,3-4,8H2,1-2H3,(H,15,16). The van der Waals surface area contributed by atoms with Gasteiger partial charge in [0, 0.05) is 15.8 Å². The van der Waals surface area contributed by atoms with Crippen LogP contribution >= 0.6 is 27.7 Å². The molecule has 0 saturated heterocycles. The zero-order chi connectivity index (χ0) is 13.0. The molecule has 18 heavy (non-hydrogen) atoms. The minimum absolute atomic E-state index is 0.627. The number of thioether (sulfide) groups is 1. The highest BCUT2D eigenvalue weighted by atomic mass is 79.9. The van der Waals surface area contributed by atoms with Crippen molar-refractivity contribution in [1.29, 1.82) is 0 Å². The predicted molar refractivity (Wildman–Crippen MR) is 82.9 cm³/mol. The molecule has 0 spiro atoms. The fourth-order valence-electron chi connectivity index (χ4n) is 1.80. The summed E-state index contributed by atoms with van der Waals surface area (Å²) in [6.07, 6.45) is 2.43. The Labute approximate surface area is 121 Å². The number of aliphatic imine (C=N–C) groups is 1. The van der Waals surface area contributed by atoms with E-state index in [4.69, 9.17) is 4.74 Å². The van der Waals surface area contributed by atoms with Crippen molar-refractivity contribution in [2.75, 3.05) is 19.0 Å². The first-order chi connectivity index (χ1) is 8.72. The third kappa shape index (κ3) is 3.42. The summed E-state index contributed by atoms with van der Waals surface area (Å²) in [5.74, 6) is 0.842. The summed E-state index contributed by atoms with van der Waals surface area (Å²) >= 11 is 5.36. The Hall–Kier alpha value is -0.680. The minimum Gasteiger partial charge on any atom is -0.497 e. The predicted octanol–water partition coefficient (Wildman–Crippen LogP) is 4.14. The lowest BCUT2D eigenvalue weighted by Gasteiger charge is -2.10. The lowest BCUT2D eigenvalue weighted by Crippen LogP contribution is -2.08. The van der Waals surface area contributed by atoms with Crippen LogP contribution in [0.25, 0.3) is 0 Å².